The minimum Gasteiger partial charge on any atom is -0.464 e. The summed E-state index contributed by atoms with van der Waals surface area (Å²) in [7, 11) is 0. The summed E-state index contributed by atoms with van der Waals surface area (Å²) in [4.78, 5) is 10.7. The van der Waals surface area contributed by atoms with Crippen molar-refractivity contribution in [2.75, 3.05) is 0 Å². The number of carbonyl (C=O) groups excluding carboxylic acids is 1. The first kappa shape index (κ1) is 10.1. The Morgan fingerprint density at radius 2 is 2.27 bits per heavy atom. The monoisotopic (exact) mass is 224 g/mol. The number of esters is 1. The number of rotatable bonds is 2. The van der Waals surface area contributed by atoms with Crippen LogP contribution < -0.4 is 0 Å². The van der Waals surface area contributed by atoms with Gasteiger partial charge in [0.1, 0.15) is 12.2 Å². The standard InChI is InChI=1S/C11H9ClO3/c1-7(13)15-6-8-2-3-10(12)9-4-5-14-11(8)9/h2-5H,6H2,1H3. The Bertz CT molecular complexity index is 502. The zero-order valence-corrected chi connectivity index (χ0v) is 8.88. The Morgan fingerprint density at radius 1 is 1.47 bits per heavy atom. The van der Waals surface area contributed by atoms with Gasteiger partial charge in [-0.25, -0.2) is 0 Å². The quantitative estimate of drug-likeness (QED) is 0.736. The number of halogens is 1. The Balaban J connectivity index is 2.39. The second kappa shape index (κ2) is 3.95. The summed E-state index contributed by atoms with van der Waals surface area (Å²) in [6.45, 7) is 1.58. The highest BCUT2D eigenvalue weighted by Crippen LogP contribution is 2.27. The number of ether oxygens (including phenoxy) is 1. The summed E-state index contributed by atoms with van der Waals surface area (Å²) in [5.74, 6) is -0.315. The lowest BCUT2D eigenvalue weighted by Gasteiger charge is -2.03. The van der Waals surface area contributed by atoms with Gasteiger partial charge in [0, 0.05) is 17.9 Å². The molecule has 0 fully saturated rings. The summed E-state index contributed by atoms with van der Waals surface area (Å²) in [6, 6.07) is 5.34. The van der Waals surface area contributed by atoms with E-state index in [0.717, 1.165) is 10.9 Å². The highest BCUT2D eigenvalue weighted by Gasteiger charge is 2.08. The highest BCUT2D eigenvalue weighted by atomic mass is 35.5. The van der Waals surface area contributed by atoms with Crippen LogP contribution in [-0.2, 0) is 16.1 Å². The van der Waals surface area contributed by atoms with Gasteiger partial charge in [0.15, 0.2) is 0 Å². The third-order valence-electron chi connectivity index (χ3n) is 2.08. The molecule has 0 radical (unpaired) electrons. The second-order valence-electron chi connectivity index (χ2n) is 3.15. The van der Waals surface area contributed by atoms with Gasteiger partial charge in [-0.2, -0.15) is 0 Å². The van der Waals surface area contributed by atoms with Crippen molar-refractivity contribution in [2.24, 2.45) is 0 Å². The van der Waals surface area contributed by atoms with E-state index in [1.54, 1.807) is 24.5 Å². The van der Waals surface area contributed by atoms with Gasteiger partial charge in [0.2, 0.25) is 0 Å². The fraction of sp³-hybridized carbons (Fsp3) is 0.182. The van der Waals surface area contributed by atoms with Gasteiger partial charge in [-0.1, -0.05) is 17.7 Å². The fourth-order valence-electron chi connectivity index (χ4n) is 1.38. The summed E-state index contributed by atoms with van der Waals surface area (Å²) >= 11 is 5.97. The van der Waals surface area contributed by atoms with Crippen molar-refractivity contribution in [3.63, 3.8) is 0 Å². The van der Waals surface area contributed by atoms with Crippen LogP contribution in [0.15, 0.2) is 28.9 Å². The first-order valence-electron chi connectivity index (χ1n) is 4.46. The maximum Gasteiger partial charge on any atom is 0.302 e. The van der Waals surface area contributed by atoms with E-state index >= 15 is 0 Å². The van der Waals surface area contributed by atoms with Crippen LogP contribution in [0.5, 0.6) is 0 Å². The van der Waals surface area contributed by atoms with Crippen molar-refractivity contribution < 1.29 is 13.9 Å². The van der Waals surface area contributed by atoms with E-state index in [1.807, 2.05) is 0 Å². The van der Waals surface area contributed by atoms with Crippen LogP contribution >= 0.6 is 11.6 Å². The van der Waals surface area contributed by atoms with Gasteiger partial charge in [-0.15, -0.1) is 0 Å². The molecule has 1 heterocycles. The van der Waals surface area contributed by atoms with Crippen LogP contribution in [0.2, 0.25) is 5.02 Å². The van der Waals surface area contributed by atoms with Crippen LogP contribution in [0.25, 0.3) is 11.0 Å². The van der Waals surface area contributed by atoms with Gasteiger partial charge in [0.05, 0.1) is 11.3 Å². The van der Waals surface area contributed by atoms with Gasteiger partial charge >= 0.3 is 5.97 Å². The van der Waals surface area contributed by atoms with Crippen LogP contribution in [0, 0.1) is 0 Å². The number of carbonyl (C=O) groups is 1. The van der Waals surface area contributed by atoms with Crippen molar-refractivity contribution in [1.29, 1.82) is 0 Å². The zero-order chi connectivity index (χ0) is 10.8. The number of hydrogen-bond acceptors (Lipinski definition) is 3. The molecule has 15 heavy (non-hydrogen) atoms. The van der Waals surface area contributed by atoms with Crippen molar-refractivity contribution in [2.45, 2.75) is 13.5 Å². The molecule has 0 aliphatic carbocycles. The van der Waals surface area contributed by atoms with E-state index in [2.05, 4.69) is 0 Å². The first-order chi connectivity index (χ1) is 7.18. The first-order valence-corrected chi connectivity index (χ1v) is 4.84. The molecule has 0 N–H and O–H groups in total. The molecule has 0 spiro atoms. The molecule has 3 nitrogen and oxygen atoms in total. The SMILES string of the molecule is CC(=O)OCc1ccc(Cl)c2ccoc12. The molecule has 78 valence electrons. The smallest absolute Gasteiger partial charge is 0.302 e. The number of benzene rings is 1. The molecule has 1 aromatic carbocycles. The third-order valence-corrected chi connectivity index (χ3v) is 2.41. The molecule has 0 unspecified atom stereocenters. The van der Waals surface area contributed by atoms with Gasteiger partial charge in [0.25, 0.3) is 0 Å². The molecule has 0 amide bonds. The van der Waals surface area contributed by atoms with E-state index in [4.69, 9.17) is 20.8 Å². The van der Waals surface area contributed by atoms with Crippen molar-refractivity contribution in [3.05, 3.63) is 35.0 Å². The Kier molecular flexibility index (Phi) is 2.64. The lowest BCUT2D eigenvalue weighted by Crippen LogP contribution is -1.98. The number of hydrogen-bond donors (Lipinski definition) is 0. The zero-order valence-electron chi connectivity index (χ0n) is 8.12. The molecular formula is C11H9ClO3. The molecule has 0 saturated heterocycles. The Hall–Kier alpha value is -1.48. The van der Waals surface area contributed by atoms with Crippen LogP contribution in [0.1, 0.15) is 12.5 Å². The predicted molar refractivity (Wildman–Crippen MR) is 56.7 cm³/mol. The van der Waals surface area contributed by atoms with E-state index < -0.39 is 0 Å². The molecule has 0 saturated carbocycles. The Morgan fingerprint density at radius 3 is 3.00 bits per heavy atom. The topological polar surface area (TPSA) is 39.4 Å². The average Bonchev–Trinajstić information content (AvgIpc) is 2.66. The van der Waals surface area contributed by atoms with E-state index in [-0.39, 0.29) is 12.6 Å². The molecule has 2 rings (SSSR count). The summed E-state index contributed by atoms with van der Waals surface area (Å²) in [5, 5.41) is 1.46. The molecule has 2 aromatic rings. The normalized spacial score (nSPS) is 10.5. The molecule has 0 bridgehead atoms. The largest absolute Gasteiger partial charge is 0.464 e. The maximum absolute atomic E-state index is 10.7. The van der Waals surface area contributed by atoms with Gasteiger partial charge in [-0.05, 0) is 12.1 Å². The summed E-state index contributed by atoms with van der Waals surface area (Å²) < 4.78 is 10.2. The third kappa shape index (κ3) is 1.97. The number of furan rings is 1. The van der Waals surface area contributed by atoms with Crippen LogP contribution in [0.3, 0.4) is 0 Å². The summed E-state index contributed by atoms with van der Waals surface area (Å²) in [5.41, 5.74) is 1.48. The van der Waals surface area contributed by atoms with Gasteiger partial charge < -0.3 is 9.15 Å². The summed E-state index contributed by atoms with van der Waals surface area (Å²) in [6.07, 6.45) is 1.56. The Labute approximate surface area is 91.6 Å². The van der Waals surface area contributed by atoms with Gasteiger partial charge in [-0.3, -0.25) is 4.79 Å². The van der Waals surface area contributed by atoms with Crippen molar-refractivity contribution in [3.8, 4) is 0 Å². The fourth-order valence-corrected chi connectivity index (χ4v) is 1.59. The average molecular weight is 225 g/mol. The van der Waals surface area contributed by atoms with E-state index in [9.17, 15) is 4.79 Å². The number of fused-ring (bicyclic) bond motifs is 1. The molecule has 0 aliphatic heterocycles. The second-order valence-corrected chi connectivity index (χ2v) is 3.56. The minimum atomic E-state index is -0.315. The van der Waals surface area contributed by atoms with E-state index in [0.29, 0.717) is 10.6 Å². The molecule has 4 heteroatoms. The lowest BCUT2D eigenvalue weighted by molar-refractivity contribution is -0.142. The van der Waals surface area contributed by atoms with Crippen LogP contribution in [0.4, 0.5) is 0 Å². The van der Waals surface area contributed by atoms with E-state index in [1.165, 1.54) is 6.92 Å². The van der Waals surface area contributed by atoms with Crippen molar-refractivity contribution >= 4 is 28.5 Å². The minimum absolute atomic E-state index is 0.205. The van der Waals surface area contributed by atoms with Crippen LogP contribution in [-0.4, -0.2) is 5.97 Å². The maximum atomic E-state index is 10.7. The predicted octanol–water partition coefficient (Wildman–Crippen LogP) is 3.15. The lowest BCUT2D eigenvalue weighted by atomic mass is 10.1. The molecule has 0 atom stereocenters. The highest BCUT2D eigenvalue weighted by molar-refractivity contribution is 6.35. The molecule has 1 aromatic heterocycles. The molecule has 0 aliphatic rings. The molecular weight excluding hydrogens is 216 g/mol. The van der Waals surface area contributed by atoms with Crippen molar-refractivity contribution in [1.82, 2.24) is 0 Å².